The molecule has 1 atom stereocenters. The van der Waals surface area contributed by atoms with Crippen LogP contribution in [0.15, 0.2) is 22.8 Å². The monoisotopic (exact) mass is 556 g/mol. The van der Waals surface area contributed by atoms with Crippen molar-refractivity contribution in [1.29, 1.82) is 0 Å². The number of likely N-dealkylation sites (N-methyl/N-ethyl adjacent to an activating group) is 1. The smallest absolute Gasteiger partial charge is 0.410 e. The van der Waals surface area contributed by atoms with Gasteiger partial charge < -0.3 is 30.5 Å². The van der Waals surface area contributed by atoms with Gasteiger partial charge in [0.25, 0.3) is 0 Å². The van der Waals surface area contributed by atoms with Gasteiger partial charge >= 0.3 is 12.1 Å². The van der Waals surface area contributed by atoms with Gasteiger partial charge in [0.2, 0.25) is 5.91 Å². The van der Waals surface area contributed by atoms with Crippen LogP contribution in [0.5, 0.6) is 0 Å². The summed E-state index contributed by atoms with van der Waals surface area (Å²) in [6.45, 7) is 14.0. The molecule has 0 aromatic carbocycles. The number of hydrogen-bond donors (Lipinski definition) is 2. The summed E-state index contributed by atoms with van der Waals surface area (Å²) in [5.74, 6) is 1.25. The second-order valence-electron chi connectivity index (χ2n) is 9.28. The molecule has 0 aliphatic carbocycles. The summed E-state index contributed by atoms with van der Waals surface area (Å²) in [7, 11) is 1.65. The summed E-state index contributed by atoms with van der Waals surface area (Å²) in [6, 6.07) is -1.03. The van der Waals surface area contributed by atoms with E-state index in [9.17, 15) is 14.4 Å². The minimum absolute atomic E-state index is 0.100. The molecule has 37 heavy (non-hydrogen) atoms. The Bertz CT molecular complexity index is 855. The van der Waals surface area contributed by atoms with Gasteiger partial charge in [-0.15, -0.1) is 23.1 Å². The van der Waals surface area contributed by atoms with E-state index in [1.165, 1.54) is 16.2 Å². The van der Waals surface area contributed by atoms with Crippen LogP contribution in [-0.2, 0) is 16.1 Å². The van der Waals surface area contributed by atoms with E-state index in [0.717, 1.165) is 10.6 Å². The molecule has 0 radical (unpaired) electrons. The first-order chi connectivity index (χ1) is 17.6. The number of thioether (sulfide) groups is 1. The van der Waals surface area contributed by atoms with E-state index in [-0.39, 0.29) is 31.0 Å². The lowest BCUT2D eigenvalue weighted by atomic mass is 10.0. The highest BCUT2D eigenvalue weighted by atomic mass is 32.2. The molecule has 1 fully saturated rings. The third-order valence-electron chi connectivity index (χ3n) is 5.31. The third-order valence-corrected chi connectivity index (χ3v) is 7.39. The molecule has 2 rings (SSSR count). The SMILES string of the molecule is CC.CC(C)CS/C=C(\N)CN(C)C(=O)NC(C(=O)N1CCN(C(=O)OCc2cncs2)CC1)C(C)C. The van der Waals surface area contributed by atoms with Gasteiger partial charge in [-0.3, -0.25) is 9.78 Å². The van der Waals surface area contributed by atoms with Crippen LogP contribution in [0.2, 0.25) is 0 Å². The van der Waals surface area contributed by atoms with Crippen LogP contribution in [-0.4, -0.2) is 89.3 Å². The minimum Gasteiger partial charge on any atom is -0.444 e. The molecule has 0 bridgehead atoms. The van der Waals surface area contributed by atoms with Gasteiger partial charge in [-0.2, -0.15) is 0 Å². The molecular formula is C25H44N6O4S2. The number of aromatic nitrogens is 1. The van der Waals surface area contributed by atoms with E-state index in [0.29, 0.717) is 37.8 Å². The summed E-state index contributed by atoms with van der Waals surface area (Å²) >= 11 is 3.05. The number of urea groups is 1. The maximum atomic E-state index is 13.2. The van der Waals surface area contributed by atoms with Crippen molar-refractivity contribution in [3.05, 3.63) is 27.7 Å². The van der Waals surface area contributed by atoms with Gasteiger partial charge in [-0.1, -0.05) is 41.5 Å². The molecular weight excluding hydrogens is 512 g/mol. The number of hydrogen-bond acceptors (Lipinski definition) is 8. The van der Waals surface area contributed by atoms with Gasteiger partial charge in [0.1, 0.15) is 12.6 Å². The molecule has 1 unspecified atom stereocenters. The molecule has 3 N–H and O–H groups in total. The normalized spacial score (nSPS) is 14.7. The molecule has 2 heterocycles. The topological polar surface area (TPSA) is 121 Å². The van der Waals surface area contributed by atoms with Gasteiger partial charge in [0.15, 0.2) is 0 Å². The zero-order valence-electron chi connectivity index (χ0n) is 23.2. The summed E-state index contributed by atoms with van der Waals surface area (Å²) in [6.07, 6.45) is 1.26. The largest absolute Gasteiger partial charge is 0.444 e. The van der Waals surface area contributed by atoms with Crippen molar-refractivity contribution >= 4 is 41.1 Å². The van der Waals surface area contributed by atoms with Gasteiger partial charge in [0.05, 0.1) is 16.9 Å². The molecule has 4 amide bonds. The highest BCUT2D eigenvalue weighted by Crippen LogP contribution is 2.14. The lowest BCUT2D eigenvalue weighted by Crippen LogP contribution is -2.58. The highest BCUT2D eigenvalue weighted by Gasteiger charge is 2.32. The van der Waals surface area contributed by atoms with Crippen molar-refractivity contribution in [3.63, 3.8) is 0 Å². The number of nitrogens with two attached hydrogens (primary N) is 1. The van der Waals surface area contributed by atoms with Crippen molar-refractivity contribution in [3.8, 4) is 0 Å². The Kier molecular flexibility index (Phi) is 15.1. The molecule has 0 spiro atoms. The Balaban J connectivity index is 0.00000334. The van der Waals surface area contributed by atoms with Gasteiger partial charge in [0, 0.05) is 45.1 Å². The van der Waals surface area contributed by atoms with Crippen LogP contribution in [0.25, 0.3) is 0 Å². The van der Waals surface area contributed by atoms with Gasteiger partial charge in [-0.25, -0.2) is 9.59 Å². The number of rotatable bonds is 10. The van der Waals surface area contributed by atoms with E-state index in [1.807, 2.05) is 33.1 Å². The summed E-state index contributed by atoms with van der Waals surface area (Å²) < 4.78 is 5.33. The lowest BCUT2D eigenvalue weighted by Gasteiger charge is -2.37. The number of carbonyl (C=O) groups excluding carboxylic acids is 3. The number of nitrogens with zero attached hydrogens (tertiary/aromatic N) is 4. The molecule has 1 aromatic rings. The second kappa shape index (κ2) is 17.1. The fourth-order valence-electron chi connectivity index (χ4n) is 3.33. The quantitative estimate of drug-likeness (QED) is 0.450. The molecule has 1 aliphatic heterocycles. The van der Waals surface area contributed by atoms with Crippen molar-refractivity contribution < 1.29 is 19.1 Å². The summed E-state index contributed by atoms with van der Waals surface area (Å²) in [4.78, 5) is 47.9. The number of carbonyl (C=O) groups is 3. The first-order valence-electron chi connectivity index (χ1n) is 12.7. The van der Waals surface area contributed by atoms with E-state index in [1.54, 1.807) is 40.3 Å². The summed E-state index contributed by atoms with van der Waals surface area (Å²) in [5, 5.41) is 4.73. The Morgan fingerprint density at radius 2 is 1.81 bits per heavy atom. The first-order valence-corrected chi connectivity index (χ1v) is 14.7. The minimum atomic E-state index is -0.671. The molecule has 12 heteroatoms. The molecule has 210 valence electrons. The molecule has 1 aliphatic rings. The number of thiazole rings is 1. The van der Waals surface area contributed by atoms with Crippen LogP contribution in [0.3, 0.4) is 0 Å². The maximum Gasteiger partial charge on any atom is 0.410 e. The predicted molar refractivity (Wildman–Crippen MR) is 151 cm³/mol. The Hall–Kier alpha value is -2.47. The zero-order valence-corrected chi connectivity index (χ0v) is 24.9. The zero-order chi connectivity index (χ0) is 28.0. The maximum absolute atomic E-state index is 13.2. The van der Waals surface area contributed by atoms with Crippen molar-refractivity contribution in [2.75, 3.05) is 45.5 Å². The van der Waals surface area contributed by atoms with Gasteiger partial charge in [-0.05, 0) is 23.0 Å². The molecule has 1 aromatic heterocycles. The van der Waals surface area contributed by atoms with Crippen LogP contribution in [0, 0.1) is 11.8 Å². The number of ether oxygens (including phenoxy) is 1. The molecule has 10 nitrogen and oxygen atoms in total. The van der Waals surface area contributed by atoms with E-state index in [2.05, 4.69) is 24.1 Å². The summed E-state index contributed by atoms with van der Waals surface area (Å²) in [5.41, 5.74) is 8.34. The van der Waals surface area contributed by atoms with Crippen molar-refractivity contribution in [2.45, 2.75) is 54.2 Å². The van der Waals surface area contributed by atoms with Crippen LogP contribution < -0.4 is 11.1 Å². The Morgan fingerprint density at radius 1 is 1.19 bits per heavy atom. The lowest BCUT2D eigenvalue weighted by molar-refractivity contribution is -0.136. The third kappa shape index (κ3) is 11.6. The highest BCUT2D eigenvalue weighted by molar-refractivity contribution is 8.02. The van der Waals surface area contributed by atoms with E-state index >= 15 is 0 Å². The van der Waals surface area contributed by atoms with E-state index in [4.69, 9.17) is 10.5 Å². The number of nitrogens with one attached hydrogen (secondary N) is 1. The molecule has 0 saturated carbocycles. The standard InChI is InChI=1S/C23H38N6O4S2.C2H6/c1-16(2)13-34-14-18(24)11-27(5)22(31)26-20(17(3)4)21(30)28-6-8-29(9-7-28)23(32)33-12-19-10-25-15-35-19;1-2/h10,14-17,20H,6-9,11-13,24H2,1-5H3,(H,26,31);1-2H3/b18-14-;. The average molecular weight is 557 g/mol. The number of amides is 4. The van der Waals surface area contributed by atoms with Crippen LogP contribution in [0.4, 0.5) is 9.59 Å². The fourth-order valence-corrected chi connectivity index (χ4v) is 4.61. The predicted octanol–water partition coefficient (Wildman–Crippen LogP) is 3.81. The van der Waals surface area contributed by atoms with Crippen LogP contribution in [0.1, 0.15) is 46.4 Å². The number of piperazine rings is 1. The second-order valence-corrected chi connectivity index (χ2v) is 11.2. The van der Waals surface area contributed by atoms with Crippen molar-refractivity contribution in [2.24, 2.45) is 17.6 Å². The average Bonchev–Trinajstić information content (AvgIpc) is 3.40. The van der Waals surface area contributed by atoms with Crippen LogP contribution >= 0.6 is 23.1 Å². The first kappa shape index (κ1) is 32.6. The molecule has 1 saturated heterocycles. The Labute approximate surface area is 230 Å². The fraction of sp³-hybridized carbons (Fsp3) is 0.680. The van der Waals surface area contributed by atoms with Crippen molar-refractivity contribution in [1.82, 2.24) is 25.0 Å². The van der Waals surface area contributed by atoms with E-state index < -0.39 is 12.1 Å². The Morgan fingerprint density at radius 3 is 2.35 bits per heavy atom.